The molecule has 0 radical (unpaired) electrons. The van der Waals surface area contributed by atoms with Gasteiger partial charge in [0, 0.05) is 19.2 Å². The highest BCUT2D eigenvalue weighted by Crippen LogP contribution is 2.17. The van der Waals surface area contributed by atoms with Gasteiger partial charge in [-0.15, -0.1) is 0 Å². The van der Waals surface area contributed by atoms with E-state index >= 15 is 0 Å². The first-order valence-corrected chi connectivity index (χ1v) is 9.70. The largest absolute Gasteiger partial charge is 0.327 e. The molecule has 2 aromatic carbocycles. The lowest BCUT2D eigenvalue weighted by Gasteiger charge is -2.09. The number of amides is 1. The third-order valence-electron chi connectivity index (χ3n) is 3.96. The molecule has 8 heteroatoms. The summed E-state index contributed by atoms with van der Waals surface area (Å²) in [7, 11) is -3.68. The van der Waals surface area contributed by atoms with E-state index in [1.807, 2.05) is 35.8 Å². The quantitative estimate of drug-likeness (QED) is 0.695. The van der Waals surface area contributed by atoms with Crippen LogP contribution in [0.2, 0.25) is 0 Å². The SMILES string of the molecule is CCn1c(CNS(=O)(=O)c2ccc(NC(C)=O)cc2)nc2ccccc21. The Hall–Kier alpha value is -2.71. The molecule has 0 fully saturated rings. The van der Waals surface area contributed by atoms with Gasteiger partial charge in [-0.05, 0) is 43.3 Å². The maximum absolute atomic E-state index is 12.5. The van der Waals surface area contributed by atoms with Crippen LogP contribution in [0.3, 0.4) is 0 Å². The summed E-state index contributed by atoms with van der Waals surface area (Å²) in [6.45, 7) is 4.18. The Morgan fingerprint density at radius 1 is 1.12 bits per heavy atom. The monoisotopic (exact) mass is 372 g/mol. The molecule has 0 bridgehead atoms. The number of aryl methyl sites for hydroxylation is 1. The van der Waals surface area contributed by atoms with Crippen LogP contribution in [-0.2, 0) is 27.9 Å². The number of rotatable bonds is 6. The number of anilines is 1. The van der Waals surface area contributed by atoms with Crippen molar-refractivity contribution in [3.05, 3.63) is 54.4 Å². The average Bonchev–Trinajstić information content (AvgIpc) is 2.97. The van der Waals surface area contributed by atoms with Crippen molar-refractivity contribution in [1.29, 1.82) is 0 Å². The fourth-order valence-electron chi connectivity index (χ4n) is 2.78. The fourth-order valence-corrected chi connectivity index (χ4v) is 3.76. The van der Waals surface area contributed by atoms with Crippen LogP contribution < -0.4 is 10.0 Å². The van der Waals surface area contributed by atoms with Gasteiger partial charge in [0.05, 0.1) is 22.5 Å². The van der Waals surface area contributed by atoms with E-state index in [0.29, 0.717) is 18.1 Å². The molecule has 2 N–H and O–H groups in total. The summed E-state index contributed by atoms with van der Waals surface area (Å²) in [5, 5.41) is 2.60. The second kappa shape index (κ2) is 7.27. The minimum absolute atomic E-state index is 0.0955. The number of hydrogen-bond acceptors (Lipinski definition) is 4. The van der Waals surface area contributed by atoms with Gasteiger partial charge in [0.2, 0.25) is 15.9 Å². The zero-order valence-corrected chi connectivity index (χ0v) is 15.4. The van der Waals surface area contributed by atoms with Crippen molar-refractivity contribution in [2.45, 2.75) is 31.8 Å². The Bertz CT molecular complexity index is 1040. The van der Waals surface area contributed by atoms with Gasteiger partial charge in [0.25, 0.3) is 0 Å². The lowest BCUT2D eigenvalue weighted by atomic mass is 10.3. The summed E-state index contributed by atoms with van der Waals surface area (Å²) in [6, 6.07) is 13.7. The van der Waals surface area contributed by atoms with Crippen LogP contribution in [0.25, 0.3) is 11.0 Å². The number of imidazole rings is 1. The van der Waals surface area contributed by atoms with Crippen molar-refractivity contribution in [2.24, 2.45) is 0 Å². The van der Waals surface area contributed by atoms with Crippen LogP contribution in [0.15, 0.2) is 53.4 Å². The van der Waals surface area contributed by atoms with Crippen LogP contribution in [0.1, 0.15) is 19.7 Å². The zero-order chi connectivity index (χ0) is 18.7. The number of hydrogen-bond donors (Lipinski definition) is 2. The summed E-state index contributed by atoms with van der Waals surface area (Å²) in [6.07, 6.45) is 0. The summed E-state index contributed by atoms with van der Waals surface area (Å²) < 4.78 is 29.6. The number of carbonyl (C=O) groups is 1. The molecule has 3 rings (SSSR count). The summed E-state index contributed by atoms with van der Waals surface area (Å²) in [4.78, 5) is 15.7. The number of carbonyl (C=O) groups excluding carboxylic acids is 1. The summed E-state index contributed by atoms with van der Waals surface area (Å²) in [5.41, 5.74) is 2.36. The second-order valence-corrected chi connectivity index (χ2v) is 7.56. The van der Waals surface area contributed by atoms with E-state index in [-0.39, 0.29) is 17.3 Å². The van der Waals surface area contributed by atoms with Gasteiger partial charge >= 0.3 is 0 Å². The van der Waals surface area contributed by atoms with Crippen LogP contribution >= 0.6 is 0 Å². The van der Waals surface area contributed by atoms with Gasteiger partial charge in [-0.1, -0.05) is 12.1 Å². The number of aromatic nitrogens is 2. The van der Waals surface area contributed by atoms with Gasteiger partial charge in [0.1, 0.15) is 5.82 Å². The number of nitrogens with one attached hydrogen (secondary N) is 2. The average molecular weight is 372 g/mol. The van der Waals surface area contributed by atoms with Crippen molar-refractivity contribution in [3.63, 3.8) is 0 Å². The molecule has 0 saturated heterocycles. The van der Waals surface area contributed by atoms with Crippen molar-refractivity contribution in [2.75, 3.05) is 5.32 Å². The van der Waals surface area contributed by atoms with Gasteiger partial charge < -0.3 is 9.88 Å². The Morgan fingerprint density at radius 2 is 1.81 bits per heavy atom. The third-order valence-corrected chi connectivity index (χ3v) is 5.37. The highest BCUT2D eigenvalue weighted by atomic mass is 32.2. The van der Waals surface area contributed by atoms with Gasteiger partial charge in [-0.3, -0.25) is 4.79 Å². The first-order chi connectivity index (χ1) is 12.4. The number of para-hydroxylation sites is 2. The lowest BCUT2D eigenvalue weighted by Crippen LogP contribution is -2.25. The number of benzene rings is 2. The molecular weight excluding hydrogens is 352 g/mol. The predicted octanol–water partition coefficient (Wildman–Crippen LogP) is 2.49. The highest BCUT2D eigenvalue weighted by Gasteiger charge is 2.16. The highest BCUT2D eigenvalue weighted by molar-refractivity contribution is 7.89. The Morgan fingerprint density at radius 3 is 2.46 bits per heavy atom. The second-order valence-electron chi connectivity index (χ2n) is 5.79. The van der Waals surface area contributed by atoms with Crippen LogP contribution in [0.5, 0.6) is 0 Å². The first kappa shape index (κ1) is 18.1. The molecule has 1 aromatic heterocycles. The van der Waals surface area contributed by atoms with Crippen molar-refractivity contribution in [3.8, 4) is 0 Å². The third kappa shape index (κ3) is 3.76. The standard InChI is InChI=1S/C18H20N4O3S/c1-3-22-17-7-5-4-6-16(17)21-18(22)12-19-26(24,25)15-10-8-14(9-11-15)20-13(2)23/h4-11,19H,3,12H2,1-2H3,(H,20,23). The Kier molecular flexibility index (Phi) is 5.06. The number of nitrogens with zero attached hydrogens (tertiary/aromatic N) is 2. The molecule has 0 aliphatic rings. The van der Waals surface area contributed by atoms with E-state index in [9.17, 15) is 13.2 Å². The van der Waals surface area contributed by atoms with Crippen molar-refractivity contribution in [1.82, 2.24) is 14.3 Å². The molecule has 1 amide bonds. The molecule has 136 valence electrons. The van der Waals surface area contributed by atoms with E-state index in [1.165, 1.54) is 19.1 Å². The minimum Gasteiger partial charge on any atom is -0.327 e. The van der Waals surface area contributed by atoms with Crippen molar-refractivity contribution >= 4 is 32.7 Å². The van der Waals surface area contributed by atoms with Crippen molar-refractivity contribution < 1.29 is 13.2 Å². The molecule has 1 heterocycles. The van der Waals surface area contributed by atoms with Gasteiger partial charge in [-0.25, -0.2) is 18.1 Å². The van der Waals surface area contributed by atoms with Gasteiger partial charge in [0.15, 0.2) is 0 Å². The molecule has 3 aromatic rings. The van der Waals surface area contributed by atoms with E-state index in [1.54, 1.807) is 12.1 Å². The molecular formula is C18H20N4O3S. The lowest BCUT2D eigenvalue weighted by molar-refractivity contribution is -0.114. The van der Waals surface area contributed by atoms with E-state index in [0.717, 1.165) is 11.0 Å². The Balaban J connectivity index is 1.79. The zero-order valence-electron chi connectivity index (χ0n) is 14.6. The fraction of sp³-hybridized carbons (Fsp3) is 0.222. The summed E-state index contributed by atoms with van der Waals surface area (Å²) in [5.74, 6) is 0.448. The number of fused-ring (bicyclic) bond motifs is 1. The van der Waals surface area contributed by atoms with E-state index in [4.69, 9.17) is 0 Å². The smallest absolute Gasteiger partial charge is 0.240 e. The van der Waals surface area contributed by atoms with E-state index < -0.39 is 10.0 Å². The molecule has 0 spiro atoms. The maximum atomic E-state index is 12.5. The van der Waals surface area contributed by atoms with Crippen LogP contribution in [0, 0.1) is 0 Å². The molecule has 0 saturated carbocycles. The van der Waals surface area contributed by atoms with E-state index in [2.05, 4.69) is 15.0 Å². The maximum Gasteiger partial charge on any atom is 0.240 e. The van der Waals surface area contributed by atoms with Crippen LogP contribution in [0.4, 0.5) is 5.69 Å². The molecule has 0 unspecified atom stereocenters. The predicted molar refractivity (Wildman–Crippen MR) is 100 cm³/mol. The van der Waals surface area contributed by atoms with Crippen LogP contribution in [-0.4, -0.2) is 23.9 Å². The number of sulfonamides is 1. The molecule has 26 heavy (non-hydrogen) atoms. The first-order valence-electron chi connectivity index (χ1n) is 8.22. The molecule has 0 atom stereocenters. The topological polar surface area (TPSA) is 93.1 Å². The molecule has 0 aliphatic heterocycles. The minimum atomic E-state index is -3.68. The summed E-state index contributed by atoms with van der Waals surface area (Å²) >= 11 is 0. The molecule has 7 nitrogen and oxygen atoms in total. The van der Waals surface area contributed by atoms with Gasteiger partial charge in [-0.2, -0.15) is 0 Å². The normalized spacial score (nSPS) is 11.6. The molecule has 0 aliphatic carbocycles. The Labute approximate surface area is 152 Å².